The van der Waals surface area contributed by atoms with Crippen molar-refractivity contribution in [3.8, 4) is 0 Å². The van der Waals surface area contributed by atoms with Crippen LogP contribution in [0.25, 0.3) is 0 Å². The minimum absolute atomic E-state index is 0.556. The molecule has 5 heteroatoms. The van der Waals surface area contributed by atoms with E-state index in [2.05, 4.69) is 39.5 Å². The van der Waals surface area contributed by atoms with Gasteiger partial charge in [0, 0.05) is 19.6 Å². The molecule has 2 rings (SSSR count). The molecule has 0 bridgehead atoms. The molecule has 0 spiro atoms. The van der Waals surface area contributed by atoms with Crippen molar-refractivity contribution in [2.45, 2.75) is 32.6 Å². The highest BCUT2D eigenvalue weighted by Gasteiger charge is 2.19. The Morgan fingerprint density at radius 1 is 1.47 bits per heavy atom. The molecule has 0 aromatic carbocycles. The van der Waals surface area contributed by atoms with Crippen LogP contribution in [0.2, 0.25) is 5.15 Å². The van der Waals surface area contributed by atoms with Gasteiger partial charge in [-0.1, -0.05) is 24.9 Å². The first-order valence-electron chi connectivity index (χ1n) is 5.99. The van der Waals surface area contributed by atoms with E-state index in [1.54, 1.807) is 0 Å². The fourth-order valence-electron chi connectivity index (χ4n) is 2.01. The maximum absolute atomic E-state index is 6.15. The number of hydrogen-bond acceptors (Lipinski definition) is 3. The SMILES string of the molecule is CCCc1nc(CC2CCOC2)nc(Cl)c1I. The van der Waals surface area contributed by atoms with Crippen molar-refractivity contribution in [2.75, 3.05) is 13.2 Å². The Morgan fingerprint density at radius 2 is 2.29 bits per heavy atom. The van der Waals surface area contributed by atoms with Crippen molar-refractivity contribution in [1.29, 1.82) is 0 Å². The number of ether oxygens (including phenoxy) is 1. The summed E-state index contributed by atoms with van der Waals surface area (Å²) in [5.41, 5.74) is 1.09. The van der Waals surface area contributed by atoms with Crippen LogP contribution in [-0.2, 0) is 17.6 Å². The van der Waals surface area contributed by atoms with E-state index < -0.39 is 0 Å². The summed E-state index contributed by atoms with van der Waals surface area (Å²) in [5.74, 6) is 1.43. The maximum Gasteiger partial charge on any atom is 0.146 e. The molecule has 0 amide bonds. The van der Waals surface area contributed by atoms with Gasteiger partial charge < -0.3 is 4.74 Å². The summed E-state index contributed by atoms with van der Waals surface area (Å²) in [7, 11) is 0. The van der Waals surface area contributed by atoms with Crippen molar-refractivity contribution in [3.05, 3.63) is 20.2 Å². The molecular formula is C12H16ClIN2O. The Hall–Kier alpha value is 0.0600. The summed E-state index contributed by atoms with van der Waals surface area (Å²) in [6, 6.07) is 0. The number of hydrogen-bond donors (Lipinski definition) is 0. The first-order valence-corrected chi connectivity index (χ1v) is 7.45. The molecule has 0 aliphatic carbocycles. The molecule has 1 aliphatic rings. The van der Waals surface area contributed by atoms with Gasteiger partial charge in [0.15, 0.2) is 0 Å². The van der Waals surface area contributed by atoms with E-state index in [0.29, 0.717) is 11.1 Å². The van der Waals surface area contributed by atoms with Gasteiger partial charge in [0.25, 0.3) is 0 Å². The molecule has 1 atom stereocenters. The number of rotatable bonds is 4. The first kappa shape index (κ1) is 13.5. The number of aromatic nitrogens is 2. The highest BCUT2D eigenvalue weighted by atomic mass is 127. The van der Waals surface area contributed by atoms with Crippen LogP contribution in [0, 0.1) is 9.49 Å². The lowest BCUT2D eigenvalue weighted by Crippen LogP contribution is -2.10. The van der Waals surface area contributed by atoms with E-state index in [9.17, 15) is 0 Å². The fourth-order valence-corrected chi connectivity index (χ4v) is 2.73. The Balaban J connectivity index is 2.16. The average molecular weight is 367 g/mol. The fraction of sp³-hybridized carbons (Fsp3) is 0.667. The monoisotopic (exact) mass is 366 g/mol. The zero-order chi connectivity index (χ0) is 12.3. The van der Waals surface area contributed by atoms with Crippen LogP contribution in [0.3, 0.4) is 0 Å². The summed E-state index contributed by atoms with van der Waals surface area (Å²) in [4.78, 5) is 9.00. The van der Waals surface area contributed by atoms with E-state index in [4.69, 9.17) is 16.3 Å². The molecule has 0 N–H and O–H groups in total. The van der Waals surface area contributed by atoms with E-state index in [1.807, 2.05) is 0 Å². The second kappa shape index (κ2) is 6.29. The molecule has 94 valence electrons. The van der Waals surface area contributed by atoms with Gasteiger partial charge in [-0.3, -0.25) is 0 Å². The molecular weight excluding hydrogens is 351 g/mol. The Morgan fingerprint density at radius 3 is 2.94 bits per heavy atom. The summed E-state index contributed by atoms with van der Waals surface area (Å²) in [6.07, 6.45) is 4.04. The van der Waals surface area contributed by atoms with Gasteiger partial charge in [0.2, 0.25) is 0 Å². The third-order valence-electron chi connectivity index (χ3n) is 2.91. The molecule has 1 saturated heterocycles. The summed E-state index contributed by atoms with van der Waals surface area (Å²) >= 11 is 8.38. The Labute approximate surface area is 120 Å². The predicted octanol–water partition coefficient (Wildman–Crippen LogP) is 3.27. The van der Waals surface area contributed by atoms with Crippen LogP contribution in [-0.4, -0.2) is 23.2 Å². The van der Waals surface area contributed by atoms with Gasteiger partial charge in [-0.2, -0.15) is 0 Å². The molecule has 1 unspecified atom stereocenters. The lowest BCUT2D eigenvalue weighted by Gasteiger charge is -2.10. The summed E-state index contributed by atoms with van der Waals surface area (Å²) in [6.45, 7) is 3.84. The molecule has 1 aromatic rings. The van der Waals surface area contributed by atoms with Crippen LogP contribution >= 0.6 is 34.2 Å². The lowest BCUT2D eigenvalue weighted by atomic mass is 10.0. The van der Waals surface area contributed by atoms with Gasteiger partial charge in [-0.15, -0.1) is 0 Å². The van der Waals surface area contributed by atoms with Gasteiger partial charge >= 0.3 is 0 Å². The van der Waals surface area contributed by atoms with Crippen molar-refractivity contribution in [1.82, 2.24) is 9.97 Å². The molecule has 17 heavy (non-hydrogen) atoms. The number of aryl methyl sites for hydroxylation is 1. The quantitative estimate of drug-likeness (QED) is 0.606. The maximum atomic E-state index is 6.15. The zero-order valence-corrected chi connectivity index (χ0v) is 12.8. The predicted molar refractivity (Wildman–Crippen MR) is 76.4 cm³/mol. The minimum Gasteiger partial charge on any atom is -0.381 e. The standard InChI is InChI=1S/C12H16ClIN2O/c1-2-3-9-11(14)12(13)16-10(15-9)6-8-4-5-17-7-8/h8H,2-7H2,1H3. The summed E-state index contributed by atoms with van der Waals surface area (Å²) < 4.78 is 6.37. The molecule has 1 aromatic heterocycles. The second-order valence-electron chi connectivity index (χ2n) is 4.38. The van der Waals surface area contributed by atoms with E-state index in [-0.39, 0.29) is 0 Å². The van der Waals surface area contributed by atoms with Crippen molar-refractivity contribution in [2.24, 2.45) is 5.92 Å². The first-order chi connectivity index (χ1) is 8.20. The smallest absolute Gasteiger partial charge is 0.146 e. The van der Waals surface area contributed by atoms with Crippen LogP contribution in [0.4, 0.5) is 0 Å². The largest absolute Gasteiger partial charge is 0.381 e. The third-order valence-corrected chi connectivity index (χ3v) is 4.63. The number of halogens is 2. The molecule has 1 aliphatic heterocycles. The van der Waals surface area contributed by atoms with Crippen LogP contribution < -0.4 is 0 Å². The zero-order valence-electron chi connectivity index (χ0n) is 9.88. The van der Waals surface area contributed by atoms with E-state index in [0.717, 1.165) is 54.0 Å². The molecule has 0 radical (unpaired) electrons. The molecule has 2 heterocycles. The highest BCUT2D eigenvalue weighted by Crippen LogP contribution is 2.23. The van der Waals surface area contributed by atoms with Crippen LogP contribution in [0.1, 0.15) is 31.3 Å². The van der Waals surface area contributed by atoms with Gasteiger partial charge in [-0.05, 0) is 41.4 Å². The third kappa shape index (κ3) is 3.51. The van der Waals surface area contributed by atoms with Gasteiger partial charge in [-0.25, -0.2) is 9.97 Å². The van der Waals surface area contributed by atoms with Gasteiger partial charge in [0.1, 0.15) is 11.0 Å². The Bertz CT molecular complexity index is 394. The lowest BCUT2D eigenvalue weighted by molar-refractivity contribution is 0.185. The normalized spacial score (nSPS) is 19.8. The van der Waals surface area contributed by atoms with Gasteiger partial charge in [0.05, 0.1) is 9.26 Å². The minimum atomic E-state index is 0.556. The van der Waals surface area contributed by atoms with Crippen molar-refractivity contribution < 1.29 is 4.74 Å². The highest BCUT2D eigenvalue weighted by molar-refractivity contribution is 14.1. The van der Waals surface area contributed by atoms with Crippen molar-refractivity contribution >= 4 is 34.2 Å². The number of nitrogens with zero attached hydrogens (tertiary/aromatic N) is 2. The average Bonchev–Trinajstić information content (AvgIpc) is 2.78. The topological polar surface area (TPSA) is 35.0 Å². The van der Waals surface area contributed by atoms with Crippen LogP contribution in [0.15, 0.2) is 0 Å². The van der Waals surface area contributed by atoms with Crippen molar-refractivity contribution in [3.63, 3.8) is 0 Å². The van der Waals surface area contributed by atoms with E-state index >= 15 is 0 Å². The molecule has 1 fully saturated rings. The van der Waals surface area contributed by atoms with E-state index in [1.165, 1.54) is 0 Å². The molecule has 0 saturated carbocycles. The molecule has 3 nitrogen and oxygen atoms in total. The second-order valence-corrected chi connectivity index (χ2v) is 5.81. The Kier molecular flexibility index (Phi) is 4.99. The summed E-state index contributed by atoms with van der Waals surface area (Å²) in [5, 5.41) is 0.595. The van der Waals surface area contributed by atoms with Crippen LogP contribution in [0.5, 0.6) is 0 Å².